The molecule has 0 spiro atoms. The van der Waals surface area contributed by atoms with Crippen LogP contribution in [-0.4, -0.2) is 8.42 Å². The van der Waals surface area contributed by atoms with Crippen LogP contribution in [0.3, 0.4) is 0 Å². The Bertz CT molecular complexity index is 895. The monoisotopic (exact) mass is 346 g/mol. The summed E-state index contributed by atoms with van der Waals surface area (Å²) in [6, 6.07) is 13.6. The van der Waals surface area contributed by atoms with Gasteiger partial charge >= 0.3 is 0 Å². The minimum absolute atomic E-state index is 0.361. The van der Waals surface area contributed by atoms with Gasteiger partial charge < -0.3 is 0 Å². The Labute approximate surface area is 141 Å². The number of rotatable bonds is 4. The smallest absolute Gasteiger partial charge is 0.272 e. The van der Waals surface area contributed by atoms with E-state index in [9.17, 15) is 13.7 Å². The lowest BCUT2D eigenvalue weighted by Crippen LogP contribution is -2.15. The molecule has 0 aromatic heterocycles. The van der Waals surface area contributed by atoms with E-state index in [0.29, 0.717) is 16.3 Å². The quantitative estimate of drug-likeness (QED) is 0.841. The van der Waals surface area contributed by atoms with E-state index in [0.717, 1.165) is 11.1 Å². The van der Waals surface area contributed by atoms with Gasteiger partial charge in [0.2, 0.25) is 0 Å². The second-order valence-corrected chi connectivity index (χ2v) is 7.18. The van der Waals surface area contributed by atoms with E-state index in [4.69, 9.17) is 11.6 Å². The summed E-state index contributed by atoms with van der Waals surface area (Å²) in [5.41, 5.74) is 2.85. The first-order valence-corrected chi connectivity index (χ1v) is 8.65. The number of benzene rings is 2. The Morgan fingerprint density at radius 1 is 1.17 bits per heavy atom. The molecule has 4 nitrogen and oxygen atoms in total. The molecule has 0 bridgehead atoms. The largest absolute Gasteiger partial charge is 0.279 e. The highest BCUT2D eigenvalue weighted by Crippen LogP contribution is 2.21. The average molecular weight is 347 g/mol. The predicted molar refractivity (Wildman–Crippen MR) is 93.5 cm³/mol. The van der Waals surface area contributed by atoms with Gasteiger partial charge in [-0.1, -0.05) is 41.4 Å². The summed E-state index contributed by atoms with van der Waals surface area (Å²) in [7, 11) is -3.95. The fourth-order valence-corrected chi connectivity index (χ4v) is 3.17. The van der Waals surface area contributed by atoms with Crippen molar-refractivity contribution in [3.8, 4) is 6.07 Å². The number of hydrogen-bond donors (Lipinski definition) is 1. The van der Waals surface area contributed by atoms with E-state index in [1.807, 2.05) is 13.0 Å². The second kappa shape index (κ2) is 6.86. The molecule has 118 valence electrons. The summed E-state index contributed by atoms with van der Waals surface area (Å²) in [5.74, 6) is 0. The minimum Gasteiger partial charge on any atom is -0.279 e. The molecule has 0 aliphatic carbocycles. The number of hydrogen-bond acceptors (Lipinski definition) is 3. The van der Waals surface area contributed by atoms with Crippen molar-refractivity contribution < 1.29 is 8.42 Å². The number of aryl methyl sites for hydroxylation is 2. The summed E-state index contributed by atoms with van der Waals surface area (Å²) in [4.78, 5) is -0.361. The zero-order valence-electron chi connectivity index (χ0n) is 12.7. The summed E-state index contributed by atoms with van der Waals surface area (Å²) < 4.78 is 27.3. The van der Waals surface area contributed by atoms with Crippen molar-refractivity contribution in [2.45, 2.75) is 13.8 Å². The molecule has 2 rings (SSSR count). The van der Waals surface area contributed by atoms with Crippen LogP contribution in [0.2, 0.25) is 5.02 Å². The first kappa shape index (κ1) is 17.1. The molecule has 0 aliphatic heterocycles. The Morgan fingerprint density at radius 2 is 1.83 bits per heavy atom. The molecule has 2 aromatic carbocycles. The molecule has 0 heterocycles. The zero-order chi connectivity index (χ0) is 17.0. The molecule has 0 saturated carbocycles. The maximum atomic E-state index is 12.4. The van der Waals surface area contributed by atoms with E-state index in [-0.39, 0.29) is 4.91 Å². The molecule has 0 fully saturated rings. The van der Waals surface area contributed by atoms with Gasteiger partial charge in [0, 0.05) is 5.02 Å². The molecule has 1 N–H and O–H groups in total. The number of allylic oxidation sites excluding steroid dienone is 1. The summed E-state index contributed by atoms with van der Waals surface area (Å²) >= 11 is 5.79. The van der Waals surface area contributed by atoms with Crippen molar-refractivity contribution >= 4 is 33.4 Å². The van der Waals surface area contributed by atoms with Crippen LogP contribution in [0.4, 0.5) is 5.69 Å². The number of halogens is 1. The van der Waals surface area contributed by atoms with Crippen molar-refractivity contribution in [2.75, 3.05) is 4.72 Å². The highest BCUT2D eigenvalue weighted by Gasteiger charge is 2.18. The molecule has 23 heavy (non-hydrogen) atoms. The van der Waals surface area contributed by atoms with Crippen LogP contribution in [0, 0.1) is 25.2 Å². The van der Waals surface area contributed by atoms with E-state index in [2.05, 4.69) is 4.72 Å². The normalized spacial score (nSPS) is 11.8. The first-order chi connectivity index (χ1) is 10.8. The van der Waals surface area contributed by atoms with Gasteiger partial charge in [-0.2, -0.15) is 5.26 Å². The molecule has 0 unspecified atom stereocenters. The Balaban J connectivity index is 2.36. The van der Waals surface area contributed by atoms with Gasteiger partial charge in [-0.15, -0.1) is 0 Å². The van der Waals surface area contributed by atoms with Crippen molar-refractivity contribution in [1.82, 2.24) is 0 Å². The van der Waals surface area contributed by atoms with Gasteiger partial charge in [-0.25, -0.2) is 8.42 Å². The van der Waals surface area contributed by atoms with Gasteiger partial charge in [0.1, 0.15) is 6.07 Å². The summed E-state index contributed by atoms with van der Waals surface area (Å²) in [6.45, 7) is 3.73. The number of sulfonamides is 1. The van der Waals surface area contributed by atoms with Gasteiger partial charge in [-0.3, -0.25) is 4.72 Å². The van der Waals surface area contributed by atoms with Gasteiger partial charge in [0.15, 0.2) is 4.91 Å². The molecular weight excluding hydrogens is 332 g/mol. The SMILES string of the molecule is Cc1ccc(NS(=O)(=O)/C(C#N)=C/c2ccc(Cl)cc2)c(C)c1. The van der Waals surface area contributed by atoms with Crippen LogP contribution in [-0.2, 0) is 10.0 Å². The standard InChI is InChI=1S/C17H15ClN2O2S/c1-12-3-8-17(13(2)9-12)20-23(21,22)16(11-19)10-14-4-6-15(18)7-5-14/h3-10,20H,1-2H3/b16-10+. The van der Waals surface area contributed by atoms with E-state index >= 15 is 0 Å². The summed E-state index contributed by atoms with van der Waals surface area (Å²) in [5, 5.41) is 9.74. The maximum Gasteiger partial charge on any atom is 0.272 e. The minimum atomic E-state index is -3.95. The highest BCUT2D eigenvalue weighted by molar-refractivity contribution is 7.97. The molecule has 0 amide bonds. The Hall–Kier alpha value is -2.29. The van der Waals surface area contributed by atoms with Gasteiger partial charge in [0.25, 0.3) is 10.0 Å². The van der Waals surface area contributed by atoms with E-state index in [1.165, 1.54) is 6.08 Å². The Kier molecular flexibility index (Phi) is 5.09. The summed E-state index contributed by atoms with van der Waals surface area (Å²) in [6.07, 6.45) is 1.31. The topological polar surface area (TPSA) is 70.0 Å². The van der Waals surface area contributed by atoms with Crippen LogP contribution in [0.5, 0.6) is 0 Å². The van der Waals surface area contributed by atoms with Gasteiger partial charge in [-0.05, 0) is 49.2 Å². The van der Waals surface area contributed by atoms with E-state index in [1.54, 1.807) is 49.4 Å². The number of anilines is 1. The van der Waals surface area contributed by atoms with Crippen LogP contribution < -0.4 is 4.72 Å². The lowest BCUT2D eigenvalue weighted by atomic mass is 10.1. The second-order valence-electron chi connectivity index (χ2n) is 5.10. The first-order valence-electron chi connectivity index (χ1n) is 6.79. The fourth-order valence-electron chi connectivity index (χ4n) is 2.01. The third kappa shape index (κ3) is 4.35. The van der Waals surface area contributed by atoms with Crippen molar-refractivity contribution in [3.63, 3.8) is 0 Å². The predicted octanol–water partition coefficient (Wildman–Crippen LogP) is 4.26. The van der Waals surface area contributed by atoms with Crippen LogP contribution in [0.1, 0.15) is 16.7 Å². The fraction of sp³-hybridized carbons (Fsp3) is 0.118. The van der Waals surface area contributed by atoms with Crippen molar-refractivity contribution in [3.05, 3.63) is 69.1 Å². The third-order valence-electron chi connectivity index (χ3n) is 3.19. The van der Waals surface area contributed by atoms with Crippen LogP contribution in [0.25, 0.3) is 6.08 Å². The molecule has 0 atom stereocenters. The molecule has 6 heteroatoms. The molecule has 0 saturated heterocycles. The molecular formula is C17H15ClN2O2S. The number of nitrogens with one attached hydrogen (secondary N) is 1. The molecule has 2 aromatic rings. The lowest BCUT2D eigenvalue weighted by molar-refractivity contribution is 0.608. The van der Waals surface area contributed by atoms with Crippen molar-refractivity contribution in [1.29, 1.82) is 5.26 Å². The maximum absolute atomic E-state index is 12.4. The highest BCUT2D eigenvalue weighted by atomic mass is 35.5. The lowest BCUT2D eigenvalue weighted by Gasteiger charge is -2.10. The number of nitrogens with zero attached hydrogens (tertiary/aromatic N) is 1. The van der Waals surface area contributed by atoms with Gasteiger partial charge in [0.05, 0.1) is 5.69 Å². The Morgan fingerprint density at radius 3 is 2.39 bits per heavy atom. The van der Waals surface area contributed by atoms with Crippen LogP contribution >= 0.6 is 11.6 Å². The van der Waals surface area contributed by atoms with Crippen molar-refractivity contribution in [2.24, 2.45) is 0 Å². The zero-order valence-corrected chi connectivity index (χ0v) is 14.2. The van der Waals surface area contributed by atoms with Crippen LogP contribution in [0.15, 0.2) is 47.4 Å². The third-order valence-corrected chi connectivity index (χ3v) is 4.72. The van der Waals surface area contributed by atoms with E-state index < -0.39 is 10.0 Å². The molecule has 0 aliphatic rings. The average Bonchev–Trinajstić information content (AvgIpc) is 2.49. The number of nitriles is 1. The molecule has 0 radical (unpaired) electrons.